The minimum absolute atomic E-state index is 0.293. The van der Waals surface area contributed by atoms with Crippen molar-refractivity contribution < 1.29 is 19.0 Å². The number of ether oxygens (including phenoxy) is 1. The van der Waals surface area contributed by atoms with E-state index in [9.17, 15) is 9.18 Å². The molecule has 0 saturated carbocycles. The van der Waals surface area contributed by atoms with Crippen LogP contribution in [0.25, 0.3) is 6.08 Å². The molecule has 1 aromatic carbocycles. The Morgan fingerprint density at radius 2 is 2.20 bits per heavy atom. The SMILES string of the molecule is Cc1ccc(OCc2ccc(/C=C/C(=O)O)s2)cc1F. The Bertz CT molecular complexity index is 646. The molecule has 0 aliphatic heterocycles. The quantitative estimate of drug-likeness (QED) is 0.851. The highest BCUT2D eigenvalue weighted by Crippen LogP contribution is 2.21. The molecule has 2 rings (SSSR count). The number of carboxylic acid groups (broad SMARTS) is 1. The largest absolute Gasteiger partial charge is 0.488 e. The van der Waals surface area contributed by atoms with Crippen molar-refractivity contribution in [3.63, 3.8) is 0 Å². The zero-order chi connectivity index (χ0) is 14.5. The monoisotopic (exact) mass is 292 g/mol. The van der Waals surface area contributed by atoms with E-state index in [1.165, 1.54) is 23.5 Å². The first-order chi connectivity index (χ1) is 9.54. The van der Waals surface area contributed by atoms with Crippen LogP contribution in [0.2, 0.25) is 0 Å². The summed E-state index contributed by atoms with van der Waals surface area (Å²) in [4.78, 5) is 12.2. The van der Waals surface area contributed by atoms with Crippen molar-refractivity contribution in [3.8, 4) is 5.75 Å². The van der Waals surface area contributed by atoms with Gasteiger partial charge in [-0.25, -0.2) is 9.18 Å². The zero-order valence-corrected chi connectivity index (χ0v) is 11.6. The molecular formula is C15H13FO3S. The number of thiophene rings is 1. The number of halogens is 1. The Balaban J connectivity index is 1.97. The number of carbonyl (C=O) groups is 1. The van der Waals surface area contributed by atoms with Crippen molar-refractivity contribution in [3.05, 3.63) is 57.5 Å². The molecule has 1 aromatic heterocycles. The molecule has 1 N–H and O–H groups in total. The summed E-state index contributed by atoms with van der Waals surface area (Å²) in [5.41, 5.74) is 0.578. The summed E-state index contributed by atoms with van der Waals surface area (Å²) in [6, 6.07) is 8.42. The van der Waals surface area contributed by atoms with Gasteiger partial charge in [0.15, 0.2) is 0 Å². The van der Waals surface area contributed by atoms with Crippen LogP contribution in [0.5, 0.6) is 5.75 Å². The van der Waals surface area contributed by atoms with Crippen LogP contribution in [-0.2, 0) is 11.4 Å². The Morgan fingerprint density at radius 3 is 2.90 bits per heavy atom. The number of hydrogen-bond acceptors (Lipinski definition) is 3. The maximum Gasteiger partial charge on any atom is 0.328 e. The van der Waals surface area contributed by atoms with E-state index in [-0.39, 0.29) is 5.82 Å². The van der Waals surface area contributed by atoms with Gasteiger partial charge in [0.2, 0.25) is 0 Å². The van der Waals surface area contributed by atoms with Crippen LogP contribution >= 0.6 is 11.3 Å². The second-order valence-electron chi connectivity index (χ2n) is 4.18. The van der Waals surface area contributed by atoms with Crippen molar-refractivity contribution >= 4 is 23.4 Å². The van der Waals surface area contributed by atoms with Gasteiger partial charge < -0.3 is 9.84 Å². The van der Waals surface area contributed by atoms with E-state index in [1.807, 2.05) is 12.1 Å². The van der Waals surface area contributed by atoms with Crippen molar-refractivity contribution in [1.29, 1.82) is 0 Å². The van der Waals surface area contributed by atoms with Crippen LogP contribution < -0.4 is 4.74 Å². The summed E-state index contributed by atoms with van der Waals surface area (Å²) < 4.78 is 18.8. The summed E-state index contributed by atoms with van der Waals surface area (Å²) >= 11 is 1.43. The summed E-state index contributed by atoms with van der Waals surface area (Å²) in [6.45, 7) is 2.02. The molecule has 20 heavy (non-hydrogen) atoms. The number of aryl methyl sites for hydroxylation is 1. The van der Waals surface area contributed by atoms with Crippen LogP contribution in [0.4, 0.5) is 4.39 Å². The number of rotatable bonds is 5. The highest BCUT2D eigenvalue weighted by Gasteiger charge is 2.03. The van der Waals surface area contributed by atoms with E-state index in [0.717, 1.165) is 15.8 Å². The molecule has 1 heterocycles. The van der Waals surface area contributed by atoms with E-state index in [2.05, 4.69) is 0 Å². The van der Waals surface area contributed by atoms with Crippen molar-refractivity contribution in [1.82, 2.24) is 0 Å². The van der Waals surface area contributed by atoms with Gasteiger partial charge in [0.25, 0.3) is 0 Å². The molecule has 0 radical (unpaired) electrons. The second-order valence-corrected chi connectivity index (χ2v) is 5.38. The van der Waals surface area contributed by atoms with E-state index in [1.54, 1.807) is 19.1 Å². The van der Waals surface area contributed by atoms with Crippen molar-refractivity contribution in [2.45, 2.75) is 13.5 Å². The van der Waals surface area contributed by atoms with Gasteiger partial charge in [-0.05, 0) is 36.8 Å². The number of aliphatic carboxylic acids is 1. The Morgan fingerprint density at radius 1 is 1.40 bits per heavy atom. The fourth-order valence-corrected chi connectivity index (χ4v) is 2.36. The summed E-state index contributed by atoms with van der Waals surface area (Å²) in [5.74, 6) is -0.797. The lowest BCUT2D eigenvalue weighted by atomic mass is 10.2. The highest BCUT2D eigenvalue weighted by molar-refractivity contribution is 7.12. The van der Waals surface area contributed by atoms with E-state index < -0.39 is 5.97 Å². The van der Waals surface area contributed by atoms with Crippen molar-refractivity contribution in [2.75, 3.05) is 0 Å². The molecule has 0 aliphatic carbocycles. The van der Waals surface area contributed by atoms with Crippen molar-refractivity contribution in [2.24, 2.45) is 0 Å². The Labute approximate surface area is 119 Å². The Kier molecular flexibility index (Phi) is 4.53. The minimum atomic E-state index is -0.980. The molecule has 0 aliphatic rings. The maximum absolute atomic E-state index is 13.3. The van der Waals surface area contributed by atoms with Gasteiger partial charge in [-0.3, -0.25) is 0 Å². The van der Waals surface area contributed by atoms with Crippen LogP contribution in [0.3, 0.4) is 0 Å². The number of carboxylic acids is 1. The zero-order valence-electron chi connectivity index (χ0n) is 10.8. The molecule has 0 amide bonds. The number of benzene rings is 1. The highest BCUT2D eigenvalue weighted by atomic mass is 32.1. The average Bonchev–Trinajstić information content (AvgIpc) is 2.86. The van der Waals surface area contributed by atoms with Gasteiger partial charge in [-0.2, -0.15) is 0 Å². The predicted octanol–water partition coefficient (Wildman–Crippen LogP) is 3.87. The average molecular weight is 292 g/mol. The molecule has 0 fully saturated rings. The fraction of sp³-hybridized carbons (Fsp3) is 0.133. The fourth-order valence-electron chi connectivity index (χ4n) is 1.53. The van der Waals surface area contributed by atoms with Gasteiger partial charge in [-0.15, -0.1) is 11.3 Å². The lowest BCUT2D eigenvalue weighted by molar-refractivity contribution is -0.131. The third-order valence-corrected chi connectivity index (χ3v) is 3.62. The molecule has 5 heteroatoms. The van der Waals surface area contributed by atoms with Crippen LogP contribution in [0.1, 0.15) is 15.3 Å². The standard InChI is InChI=1S/C15H13FO3S/c1-10-2-3-11(8-14(10)16)19-9-13-5-4-12(20-13)6-7-15(17)18/h2-8H,9H2,1H3,(H,17,18)/b7-6+. The first-order valence-electron chi connectivity index (χ1n) is 5.93. The maximum atomic E-state index is 13.3. The first-order valence-corrected chi connectivity index (χ1v) is 6.75. The van der Waals surface area contributed by atoms with Crippen LogP contribution in [0.15, 0.2) is 36.4 Å². The molecule has 0 saturated heterocycles. The lowest BCUT2D eigenvalue weighted by Gasteiger charge is -2.05. The van der Waals surface area contributed by atoms with E-state index in [4.69, 9.17) is 9.84 Å². The number of hydrogen-bond donors (Lipinski definition) is 1. The van der Waals surface area contributed by atoms with Gasteiger partial charge in [0.05, 0.1) is 0 Å². The minimum Gasteiger partial charge on any atom is -0.488 e. The van der Waals surface area contributed by atoms with Crippen LogP contribution in [0, 0.1) is 12.7 Å². The second kappa shape index (κ2) is 6.34. The molecule has 0 spiro atoms. The topological polar surface area (TPSA) is 46.5 Å². The normalized spacial score (nSPS) is 10.9. The van der Waals surface area contributed by atoms with Gasteiger partial charge in [-0.1, -0.05) is 6.07 Å². The third kappa shape index (κ3) is 3.93. The molecule has 104 valence electrons. The van der Waals surface area contributed by atoms with E-state index in [0.29, 0.717) is 17.9 Å². The molecule has 0 atom stereocenters. The lowest BCUT2D eigenvalue weighted by Crippen LogP contribution is -1.93. The molecule has 3 nitrogen and oxygen atoms in total. The van der Waals surface area contributed by atoms with Gasteiger partial charge in [0, 0.05) is 21.9 Å². The van der Waals surface area contributed by atoms with E-state index >= 15 is 0 Å². The molecule has 2 aromatic rings. The van der Waals surface area contributed by atoms with Crippen LogP contribution in [-0.4, -0.2) is 11.1 Å². The third-order valence-electron chi connectivity index (χ3n) is 2.60. The Hall–Kier alpha value is -2.14. The predicted molar refractivity (Wildman–Crippen MR) is 76.5 cm³/mol. The van der Waals surface area contributed by atoms with Gasteiger partial charge in [0.1, 0.15) is 18.2 Å². The summed E-state index contributed by atoms with van der Waals surface area (Å²) in [5, 5.41) is 8.54. The first kappa shape index (κ1) is 14.3. The smallest absolute Gasteiger partial charge is 0.328 e. The summed E-state index contributed by atoms with van der Waals surface area (Å²) in [6.07, 6.45) is 2.62. The molecule has 0 bridgehead atoms. The van der Waals surface area contributed by atoms with Gasteiger partial charge >= 0.3 is 5.97 Å². The summed E-state index contributed by atoms with van der Waals surface area (Å²) in [7, 11) is 0. The molecular weight excluding hydrogens is 279 g/mol. The molecule has 0 unspecified atom stereocenters.